The molecule has 1 aliphatic rings. The third-order valence-corrected chi connectivity index (χ3v) is 2.75. The fourth-order valence-corrected chi connectivity index (χ4v) is 1.68. The maximum atomic E-state index is 13.5. The van der Waals surface area contributed by atoms with Crippen molar-refractivity contribution in [3.05, 3.63) is 0 Å². The summed E-state index contributed by atoms with van der Waals surface area (Å²) in [5.41, 5.74) is 0. The largest absolute Gasteiger partial charge is 0.471 e. The third kappa shape index (κ3) is 3.93. The van der Waals surface area contributed by atoms with Crippen LogP contribution in [0.15, 0.2) is 0 Å². The standard InChI is InChI=1S/C9H11F5N2O3/c10-8(11)2-4-16(7(18)19)3-1-5(8)15-6(17)9(12,13)14/h5H,1-4H2,(H,15,17)(H,18,19). The molecule has 2 N–H and O–H groups in total. The maximum Gasteiger partial charge on any atom is 0.471 e. The Hall–Kier alpha value is -1.61. The molecule has 0 aromatic heterocycles. The van der Waals surface area contributed by atoms with E-state index in [1.807, 2.05) is 0 Å². The van der Waals surface area contributed by atoms with Crippen LogP contribution in [-0.2, 0) is 4.79 Å². The van der Waals surface area contributed by atoms with E-state index in [9.17, 15) is 31.5 Å². The number of nitrogens with one attached hydrogen (secondary N) is 1. The highest BCUT2D eigenvalue weighted by Crippen LogP contribution is 2.29. The molecule has 110 valence electrons. The Morgan fingerprint density at radius 3 is 2.32 bits per heavy atom. The van der Waals surface area contributed by atoms with Gasteiger partial charge in [0.25, 0.3) is 5.92 Å². The van der Waals surface area contributed by atoms with Gasteiger partial charge in [0, 0.05) is 19.5 Å². The maximum absolute atomic E-state index is 13.5. The second-order valence-electron chi connectivity index (χ2n) is 4.09. The molecule has 1 heterocycles. The molecule has 2 amide bonds. The highest BCUT2D eigenvalue weighted by Gasteiger charge is 2.47. The van der Waals surface area contributed by atoms with E-state index < -0.39 is 49.5 Å². The van der Waals surface area contributed by atoms with Crippen LogP contribution in [0.5, 0.6) is 0 Å². The molecule has 1 atom stereocenters. The van der Waals surface area contributed by atoms with Crippen LogP contribution in [0.2, 0.25) is 0 Å². The molecule has 5 nitrogen and oxygen atoms in total. The lowest BCUT2D eigenvalue weighted by atomic mass is 10.1. The van der Waals surface area contributed by atoms with Gasteiger partial charge in [0.1, 0.15) is 0 Å². The summed E-state index contributed by atoms with van der Waals surface area (Å²) in [7, 11) is 0. The Labute approximate surface area is 104 Å². The van der Waals surface area contributed by atoms with Gasteiger partial charge in [-0.25, -0.2) is 13.6 Å². The third-order valence-electron chi connectivity index (χ3n) is 2.75. The zero-order valence-electron chi connectivity index (χ0n) is 9.51. The molecular formula is C9H11F5N2O3. The van der Waals surface area contributed by atoms with Gasteiger partial charge < -0.3 is 15.3 Å². The summed E-state index contributed by atoms with van der Waals surface area (Å²) >= 11 is 0. The Balaban J connectivity index is 2.76. The fourth-order valence-electron chi connectivity index (χ4n) is 1.68. The number of likely N-dealkylation sites (tertiary alicyclic amines) is 1. The molecule has 10 heteroatoms. The van der Waals surface area contributed by atoms with Crippen molar-refractivity contribution in [2.45, 2.75) is 31.0 Å². The fraction of sp³-hybridized carbons (Fsp3) is 0.778. The smallest absolute Gasteiger partial charge is 0.465 e. The zero-order valence-corrected chi connectivity index (χ0v) is 9.51. The van der Waals surface area contributed by atoms with Crippen LogP contribution >= 0.6 is 0 Å². The number of amides is 2. The van der Waals surface area contributed by atoms with E-state index in [0.717, 1.165) is 0 Å². The molecule has 1 rings (SSSR count). The molecule has 0 aromatic rings. The highest BCUT2D eigenvalue weighted by atomic mass is 19.4. The zero-order chi connectivity index (χ0) is 14.8. The minimum atomic E-state index is -5.26. The van der Waals surface area contributed by atoms with Crippen molar-refractivity contribution < 1.29 is 36.6 Å². The number of carbonyl (C=O) groups excluding carboxylic acids is 1. The van der Waals surface area contributed by atoms with Crippen LogP contribution in [0, 0.1) is 0 Å². The van der Waals surface area contributed by atoms with Crippen LogP contribution in [0.25, 0.3) is 0 Å². The summed E-state index contributed by atoms with van der Waals surface area (Å²) in [6.45, 7) is -0.867. The minimum absolute atomic E-state index is 0.367. The highest BCUT2D eigenvalue weighted by molar-refractivity contribution is 5.82. The summed E-state index contributed by atoms with van der Waals surface area (Å²) in [5.74, 6) is -6.05. The van der Waals surface area contributed by atoms with Crippen molar-refractivity contribution in [1.82, 2.24) is 10.2 Å². The van der Waals surface area contributed by atoms with Crippen molar-refractivity contribution in [1.29, 1.82) is 0 Å². The Morgan fingerprint density at radius 1 is 1.26 bits per heavy atom. The van der Waals surface area contributed by atoms with E-state index >= 15 is 0 Å². The van der Waals surface area contributed by atoms with Crippen LogP contribution in [-0.4, -0.2) is 53.2 Å². The summed E-state index contributed by atoms with van der Waals surface area (Å²) < 4.78 is 63.0. The van der Waals surface area contributed by atoms with Crippen molar-refractivity contribution in [3.8, 4) is 0 Å². The number of alkyl halides is 5. The number of hydrogen-bond acceptors (Lipinski definition) is 2. The van der Waals surface area contributed by atoms with Gasteiger partial charge in [-0.15, -0.1) is 0 Å². The molecule has 0 aromatic carbocycles. The Bertz CT molecular complexity index is 371. The monoisotopic (exact) mass is 290 g/mol. The second kappa shape index (κ2) is 5.17. The molecular weight excluding hydrogens is 279 g/mol. The van der Waals surface area contributed by atoms with Crippen molar-refractivity contribution >= 4 is 12.0 Å². The topological polar surface area (TPSA) is 69.6 Å². The van der Waals surface area contributed by atoms with Gasteiger partial charge in [0.05, 0.1) is 6.04 Å². The van der Waals surface area contributed by atoms with E-state index in [0.29, 0.717) is 4.90 Å². The van der Waals surface area contributed by atoms with Crippen LogP contribution < -0.4 is 5.32 Å². The van der Waals surface area contributed by atoms with Crippen molar-refractivity contribution in [2.24, 2.45) is 0 Å². The quantitative estimate of drug-likeness (QED) is 0.718. The average Bonchev–Trinajstić information content (AvgIpc) is 2.37. The molecule has 1 saturated heterocycles. The molecule has 0 radical (unpaired) electrons. The van der Waals surface area contributed by atoms with Gasteiger partial charge in [-0.05, 0) is 6.42 Å². The first-order valence-corrected chi connectivity index (χ1v) is 5.27. The number of hydrogen-bond donors (Lipinski definition) is 2. The van der Waals surface area contributed by atoms with Gasteiger partial charge in [-0.3, -0.25) is 4.79 Å². The van der Waals surface area contributed by atoms with E-state index in [1.54, 1.807) is 0 Å². The number of rotatable bonds is 1. The van der Waals surface area contributed by atoms with Crippen molar-refractivity contribution in [3.63, 3.8) is 0 Å². The summed E-state index contributed by atoms with van der Waals surface area (Å²) in [4.78, 5) is 21.9. The first-order valence-electron chi connectivity index (χ1n) is 5.27. The SMILES string of the molecule is O=C(O)N1CCC(NC(=O)C(F)(F)F)C(F)(F)CC1. The van der Waals surface area contributed by atoms with E-state index in [4.69, 9.17) is 5.11 Å². The number of carboxylic acid groups (broad SMARTS) is 1. The van der Waals surface area contributed by atoms with E-state index in [2.05, 4.69) is 0 Å². The summed E-state index contributed by atoms with van der Waals surface area (Å²) in [5, 5.41) is 9.86. The molecule has 0 spiro atoms. The molecule has 1 unspecified atom stereocenters. The summed E-state index contributed by atoms with van der Waals surface area (Å²) in [6, 6.07) is -2.04. The first kappa shape index (κ1) is 15.4. The van der Waals surface area contributed by atoms with E-state index in [1.165, 1.54) is 5.32 Å². The van der Waals surface area contributed by atoms with Gasteiger partial charge >= 0.3 is 18.2 Å². The first-order chi connectivity index (χ1) is 8.54. The lowest BCUT2D eigenvalue weighted by Gasteiger charge is -2.25. The number of nitrogens with zero attached hydrogens (tertiary/aromatic N) is 1. The predicted octanol–water partition coefficient (Wildman–Crippen LogP) is 1.44. The molecule has 1 fully saturated rings. The predicted molar refractivity (Wildman–Crippen MR) is 51.8 cm³/mol. The van der Waals surface area contributed by atoms with Gasteiger partial charge in [0.2, 0.25) is 0 Å². The van der Waals surface area contributed by atoms with E-state index in [-0.39, 0.29) is 6.54 Å². The second-order valence-corrected chi connectivity index (χ2v) is 4.09. The van der Waals surface area contributed by atoms with Gasteiger partial charge in [-0.2, -0.15) is 13.2 Å². The average molecular weight is 290 g/mol. The lowest BCUT2D eigenvalue weighted by molar-refractivity contribution is -0.177. The normalized spacial score (nSPS) is 23.6. The van der Waals surface area contributed by atoms with Crippen LogP contribution in [0.4, 0.5) is 26.7 Å². The van der Waals surface area contributed by atoms with Gasteiger partial charge in [-0.1, -0.05) is 0 Å². The minimum Gasteiger partial charge on any atom is -0.465 e. The number of carbonyl (C=O) groups is 2. The molecule has 1 aliphatic heterocycles. The molecule has 0 aliphatic carbocycles. The molecule has 0 bridgehead atoms. The Kier molecular flexibility index (Phi) is 4.21. The summed E-state index contributed by atoms with van der Waals surface area (Å²) in [6.07, 6.45) is -8.21. The van der Waals surface area contributed by atoms with Crippen LogP contribution in [0.1, 0.15) is 12.8 Å². The van der Waals surface area contributed by atoms with Gasteiger partial charge in [0.15, 0.2) is 0 Å². The number of halogens is 5. The van der Waals surface area contributed by atoms with Crippen molar-refractivity contribution in [2.75, 3.05) is 13.1 Å². The van der Waals surface area contributed by atoms with Crippen LogP contribution in [0.3, 0.4) is 0 Å². The lowest BCUT2D eigenvalue weighted by Crippen LogP contribution is -2.51. The molecule has 19 heavy (non-hydrogen) atoms. The Morgan fingerprint density at radius 2 is 1.84 bits per heavy atom. The molecule has 0 saturated carbocycles.